The number of nitrogens with zero attached hydrogens (tertiary/aromatic N) is 3. The number of hydrogen-bond donors (Lipinski definition) is 3. The molecule has 1 aliphatic carbocycles. The predicted octanol–water partition coefficient (Wildman–Crippen LogP) is 6.31. The summed E-state index contributed by atoms with van der Waals surface area (Å²) < 4.78 is 3.29. The van der Waals surface area contributed by atoms with Crippen LogP contribution in [0.4, 0.5) is 16.8 Å². The average molecular weight is 470 g/mol. The van der Waals surface area contributed by atoms with E-state index in [9.17, 15) is 5.11 Å². The van der Waals surface area contributed by atoms with E-state index in [0.717, 1.165) is 52.7 Å². The van der Waals surface area contributed by atoms with Crippen LogP contribution in [-0.2, 0) is 7.05 Å². The molecule has 0 bridgehead atoms. The number of hydrogen-bond acceptors (Lipinski definition) is 6. The van der Waals surface area contributed by atoms with Gasteiger partial charge in [0.2, 0.25) is 0 Å². The monoisotopic (exact) mass is 469 g/mol. The van der Waals surface area contributed by atoms with Crippen LogP contribution in [0, 0.1) is 0 Å². The fourth-order valence-electron chi connectivity index (χ4n) is 4.72. The van der Waals surface area contributed by atoms with Crippen LogP contribution in [0.5, 0.6) is 0 Å². The standard InChI is InChI=1S/C27H27N5OS/c1-32-14-13-17-5-6-18(15-23(17)32)19-7-12-22-24(16-19)34-27(29-22)31-26-4-2-3-25(30-26)28-20-8-10-21(33)11-9-20/h2-7,12-16,20-21,33H,8-11H2,1H3,(H2,28,29,30,31). The Labute approximate surface area is 202 Å². The maximum Gasteiger partial charge on any atom is 0.189 e. The Morgan fingerprint density at radius 2 is 1.71 bits per heavy atom. The number of anilines is 3. The first-order chi connectivity index (χ1) is 16.6. The fourth-order valence-corrected chi connectivity index (χ4v) is 5.64. The van der Waals surface area contributed by atoms with Gasteiger partial charge in [-0.15, -0.1) is 0 Å². The highest BCUT2D eigenvalue weighted by molar-refractivity contribution is 7.22. The van der Waals surface area contributed by atoms with Gasteiger partial charge in [-0.25, -0.2) is 9.97 Å². The first-order valence-electron chi connectivity index (χ1n) is 11.8. The van der Waals surface area contributed by atoms with Gasteiger partial charge in [0, 0.05) is 24.8 Å². The molecule has 3 heterocycles. The van der Waals surface area contributed by atoms with Gasteiger partial charge in [0.15, 0.2) is 5.13 Å². The third-order valence-corrected chi connectivity index (χ3v) is 7.58. The molecule has 0 unspecified atom stereocenters. The SMILES string of the molecule is Cn1ccc2ccc(-c3ccc4nc(Nc5cccc(NC6CCC(O)CC6)n5)sc4c3)cc21. The van der Waals surface area contributed by atoms with E-state index in [1.54, 1.807) is 11.3 Å². The summed E-state index contributed by atoms with van der Waals surface area (Å²) in [4.78, 5) is 9.50. The number of aliphatic hydroxyl groups is 1. The lowest BCUT2D eigenvalue weighted by atomic mass is 9.93. The zero-order valence-corrected chi connectivity index (χ0v) is 19.8. The van der Waals surface area contributed by atoms with Crippen molar-refractivity contribution in [3.8, 4) is 11.1 Å². The molecule has 34 heavy (non-hydrogen) atoms. The van der Waals surface area contributed by atoms with Crippen LogP contribution in [0.15, 0.2) is 66.9 Å². The minimum Gasteiger partial charge on any atom is -0.393 e. The van der Waals surface area contributed by atoms with Gasteiger partial charge in [-0.3, -0.25) is 0 Å². The molecule has 0 atom stereocenters. The van der Waals surface area contributed by atoms with E-state index < -0.39 is 0 Å². The van der Waals surface area contributed by atoms with E-state index in [-0.39, 0.29) is 6.10 Å². The maximum absolute atomic E-state index is 9.73. The zero-order chi connectivity index (χ0) is 23.1. The minimum absolute atomic E-state index is 0.153. The van der Waals surface area contributed by atoms with E-state index in [1.807, 2.05) is 18.2 Å². The van der Waals surface area contributed by atoms with Crippen LogP contribution in [0.1, 0.15) is 25.7 Å². The van der Waals surface area contributed by atoms with Crippen LogP contribution < -0.4 is 10.6 Å². The summed E-state index contributed by atoms with van der Waals surface area (Å²) >= 11 is 1.64. The smallest absolute Gasteiger partial charge is 0.189 e. The quantitative estimate of drug-likeness (QED) is 0.281. The van der Waals surface area contributed by atoms with Crippen LogP contribution in [0.25, 0.3) is 32.2 Å². The highest BCUT2D eigenvalue weighted by atomic mass is 32.1. The second kappa shape index (κ2) is 8.74. The molecule has 2 aromatic carbocycles. The first kappa shape index (κ1) is 21.1. The largest absolute Gasteiger partial charge is 0.393 e. The Morgan fingerprint density at radius 1 is 0.912 bits per heavy atom. The topological polar surface area (TPSA) is 75.0 Å². The molecule has 0 aliphatic heterocycles. The van der Waals surface area contributed by atoms with Gasteiger partial charge in [-0.2, -0.15) is 0 Å². The minimum atomic E-state index is -0.153. The molecule has 0 spiro atoms. The Hall–Kier alpha value is -3.42. The molecule has 1 aliphatic rings. The number of aryl methyl sites for hydroxylation is 1. The molecular formula is C27H27N5OS. The highest BCUT2D eigenvalue weighted by Gasteiger charge is 2.19. The number of benzene rings is 2. The molecule has 5 aromatic rings. The molecule has 0 radical (unpaired) electrons. The van der Waals surface area contributed by atoms with Crippen molar-refractivity contribution in [2.24, 2.45) is 7.05 Å². The number of thiazole rings is 1. The summed E-state index contributed by atoms with van der Waals surface area (Å²) in [5, 5.41) is 18.7. The number of rotatable bonds is 5. The highest BCUT2D eigenvalue weighted by Crippen LogP contribution is 2.33. The van der Waals surface area contributed by atoms with Crippen LogP contribution >= 0.6 is 11.3 Å². The Bertz CT molecular complexity index is 1460. The molecular weight excluding hydrogens is 442 g/mol. The van der Waals surface area contributed by atoms with Crippen molar-refractivity contribution >= 4 is 49.2 Å². The Morgan fingerprint density at radius 3 is 2.59 bits per heavy atom. The number of aromatic nitrogens is 3. The second-order valence-electron chi connectivity index (χ2n) is 9.08. The summed E-state index contributed by atoms with van der Waals surface area (Å²) in [6.07, 6.45) is 5.58. The molecule has 172 valence electrons. The van der Waals surface area contributed by atoms with Crippen molar-refractivity contribution in [1.29, 1.82) is 0 Å². The van der Waals surface area contributed by atoms with Crippen LogP contribution in [0.2, 0.25) is 0 Å². The van der Waals surface area contributed by atoms with Gasteiger partial charge in [0.05, 0.1) is 16.3 Å². The van der Waals surface area contributed by atoms with Crippen molar-refractivity contribution < 1.29 is 5.11 Å². The molecule has 3 aromatic heterocycles. The molecule has 6 nitrogen and oxygen atoms in total. The van der Waals surface area contributed by atoms with Crippen molar-refractivity contribution in [2.75, 3.05) is 10.6 Å². The third kappa shape index (κ3) is 4.24. The second-order valence-corrected chi connectivity index (χ2v) is 10.1. The normalized spacial score (nSPS) is 18.4. The number of pyridine rings is 1. The lowest BCUT2D eigenvalue weighted by Gasteiger charge is -2.26. The number of aliphatic hydroxyl groups excluding tert-OH is 1. The van der Waals surface area contributed by atoms with Crippen molar-refractivity contribution in [3.63, 3.8) is 0 Å². The molecule has 3 N–H and O–H groups in total. The van der Waals surface area contributed by atoms with Crippen LogP contribution in [-0.4, -0.2) is 31.8 Å². The van der Waals surface area contributed by atoms with Gasteiger partial charge in [0.1, 0.15) is 11.6 Å². The van der Waals surface area contributed by atoms with E-state index in [1.165, 1.54) is 22.0 Å². The first-order valence-corrected chi connectivity index (χ1v) is 12.6. The molecule has 0 amide bonds. The van der Waals surface area contributed by atoms with E-state index in [4.69, 9.17) is 9.97 Å². The lowest BCUT2D eigenvalue weighted by molar-refractivity contribution is 0.126. The van der Waals surface area contributed by atoms with Crippen molar-refractivity contribution in [1.82, 2.24) is 14.5 Å². The maximum atomic E-state index is 9.73. The van der Waals surface area contributed by atoms with E-state index in [2.05, 4.69) is 70.9 Å². The predicted molar refractivity (Wildman–Crippen MR) is 141 cm³/mol. The summed E-state index contributed by atoms with van der Waals surface area (Å²) in [5.41, 5.74) is 4.60. The fraction of sp³-hybridized carbons (Fsp3) is 0.259. The third-order valence-electron chi connectivity index (χ3n) is 6.64. The van der Waals surface area contributed by atoms with Gasteiger partial charge < -0.3 is 20.3 Å². The lowest BCUT2D eigenvalue weighted by Crippen LogP contribution is -2.28. The van der Waals surface area contributed by atoms with E-state index in [0.29, 0.717) is 6.04 Å². The Balaban J connectivity index is 1.21. The molecule has 1 saturated carbocycles. The van der Waals surface area contributed by atoms with Crippen molar-refractivity contribution in [3.05, 3.63) is 66.9 Å². The summed E-state index contributed by atoms with van der Waals surface area (Å²) in [5.74, 6) is 1.63. The average Bonchev–Trinajstić information content (AvgIpc) is 3.42. The van der Waals surface area contributed by atoms with Gasteiger partial charge >= 0.3 is 0 Å². The summed E-state index contributed by atoms with van der Waals surface area (Å²) in [7, 11) is 2.08. The van der Waals surface area contributed by atoms with Gasteiger partial charge in [0.25, 0.3) is 0 Å². The molecule has 1 fully saturated rings. The van der Waals surface area contributed by atoms with Gasteiger partial charge in [-0.1, -0.05) is 35.6 Å². The number of fused-ring (bicyclic) bond motifs is 2. The number of nitrogens with one attached hydrogen (secondary N) is 2. The molecule has 7 heteroatoms. The van der Waals surface area contributed by atoms with E-state index >= 15 is 0 Å². The van der Waals surface area contributed by atoms with Crippen LogP contribution in [0.3, 0.4) is 0 Å². The summed E-state index contributed by atoms with van der Waals surface area (Å²) in [6.45, 7) is 0. The van der Waals surface area contributed by atoms with Gasteiger partial charge in [-0.05, 0) is 78.6 Å². The van der Waals surface area contributed by atoms with Crippen molar-refractivity contribution in [2.45, 2.75) is 37.8 Å². The zero-order valence-electron chi connectivity index (χ0n) is 19.0. The molecule has 0 saturated heterocycles. The summed E-state index contributed by atoms with van der Waals surface area (Å²) in [6, 6.07) is 21.5. The Kier molecular flexibility index (Phi) is 5.43. The molecule has 6 rings (SSSR count).